The van der Waals surface area contributed by atoms with Crippen LogP contribution in [-0.4, -0.2) is 41.2 Å². The summed E-state index contributed by atoms with van der Waals surface area (Å²) in [5.41, 5.74) is 0.445. The van der Waals surface area contributed by atoms with Crippen LogP contribution in [0.4, 0.5) is 0 Å². The summed E-state index contributed by atoms with van der Waals surface area (Å²) in [5.74, 6) is -0.0149. The molecule has 2 heterocycles. The Morgan fingerprint density at radius 3 is 2.71 bits per heavy atom. The molecule has 1 fully saturated rings. The number of hydrogen-bond donors (Lipinski definition) is 1. The zero-order valence-electron chi connectivity index (χ0n) is 12.8. The Bertz CT molecular complexity index is 482. The summed E-state index contributed by atoms with van der Waals surface area (Å²) in [7, 11) is 1.61. The Hall–Kier alpha value is -1.62. The second kappa shape index (κ2) is 6.89. The van der Waals surface area contributed by atoms with E-state index in [2.05, 4.69) is 16.8 Å². The number of nitrogens with zero attached hydrogens (tertiary/aromatic N) is 2. The van der Waals surface area contributed by atoms with Crippen LogP contribution in [0.25, 0.3) is 0 Å². The van der Waals surface area contributed by atoms with E-state index < -0.39 is 11.4 Å². The largest absolute Gasteiger partial charge is 0.481 e. The fourth-order valence-electron chi connectivity index (χ4n) is 3.08. The van der Waals surface area contributed by atoms with Gasteiger partial charge in [0.1, 0.15) is 0 Å². The fourth-order valence-corrected chi connectivity index (χ4v) is 3.08. The highest BCUT2D eigenvalue weighted by molar-refractivity contribution is 5.74. The first-order valence-corrected chi connectivity index (χ1v) is 7.55. The van der Waals surface area contributed by atoms with Crippen molar-refractivity contribution in [3.05, 3.63) is 23.9 Å². The van der Waals surface area contributed by atoms with Crippen LogP contribution in [0, 0.1) is 5.41 Å². The molecule has 2 rings (SSSR count). The molecule has 0 saturated carbocycles. The molecule has 5 heteroatoms. The minimum Gasteiger partial charge on any atom is -0.481 e. The number of rotatable bonds is 6. The standard InChI is InChI=1S/C16H24N2O3/c1-3-7-16(15(19)20)8-10-18(11-9-16)12-13-5-4-6-14(17-13)21-2/h4-6H,3,7-12H2,1-2H3,(H,19,20). The SMILES string of the molecule is CCCC1(C(=O)O)CCN(Cc2cccc(OC)n2)CC1. The number of likely N-dealkylation sites (tertiary alicyclic amines) is 1. The molecule has 1 saturated heterocycles. The van der Waals surface area contributed by atoms with Crippen molar-refractivity contribution in [1.82, 2.24) is 9.88 Å². The normalized spacial score (nSPS) is 18.4. The lowest BCUT2D eigenvalue weighted by atomic mass is 9.75. The molecule has 21 heavy (non-hydrogen) atoms. The van der Waals surface area contributed by atoms with E-state index in [4.69, 9.17) is 4.74 Å². The average Bonchev–Trinajstić information content (AvgIpc) is 2.49. The summed E-state index contributed by atoms with van der Waals surface area (Å²) in [4.78, 5) is 18.3. The van der Waals surface area contributed by atoms with Gasteiger partial charge in [0.05, 0.1) is 18.2 Å². The number of aromatic nitrogens is 1. The van der Waals surface area contributed by atoms with Crippen LogP contribution in [0.3, 0.4) is 0 Å². The van der Waals surface area contributed by atoms with E-state index in [0.29, 0.717) is 5.88 Å². The van der Waals surface area contributed by atoms with Gasteiger partial charge in [0.15, 0.2) is 0 Å². The topological polar surface area (TPSA) is 62.7 Å². The van der Waals surface area contributed by atoms with Crippen LogP contribution >= 0.6 is 0 Å². The summed E-state index contributed by atoms with van der Waals surface area (Å²) < 4.78 is 5.13. The predicted molar refractivity (Wildman–Crippen MR) is 80.3 cm³/mol. The van der Waals surface area contributed by atoms with E-state index in [1.165, 1.54) is 0 Å². The summed E-state index contributed by atoms with van der Waals surface area (Å²) in [6.45, 7) is 4.42. The lowest BCUT2D eigenvalue weighted by molar-refractivity contribution is -0.152. The number of carboxylic acid groups (broad SMARTS) is 1. The molecule has 1 aromatic heterocycles. The monoisotopic (exact) mass is 292 g/mol. The smallest absolute Gasteiger partial charge is 0.309 e. The molecule has 1 aromatic rings. The molecule has 0 unspecified atom stereocenters. The van der Waals surface area contributed by atoms with Crippen molar-refractivity contribution >= 4 is 5.97 Å². The van der Waals surface area contributed by atoms with Crippen molar-refractivity contribution in [3.63, 3.8) is 0 Å². The molecule has 1 aliphatic heterocycles. The predicted octanol–water partition coefficient (Wildman–Crippen LogP) is 2.56. The third-order valence-corrected chi connectivity index (χ3v) is 4.37. The maximum absolute atomic E-state index is 11.6. The Kier molecular flexibility index (Phi) is 5.17. The van der Waals surface area contributed by atoms with Crippen LogP contribution in [0.15, 0.2) is 18.2 Å². The second-order valence-electron chi connectivity index (χ2n) is 5.78. The van der Waals surface area contributed by atoms with Gasteiger partial charge in [-0.3, -0.25) is 9.69 Å². The van der Waals surface area contributed by atoms with E-state index >= 15 is 0 Å². The lowest BCUT2D eigenvalue weighted by Gasteiger charge is -2.38. The molecule has 0 atom stereocenters. The highest BCUT2D eigenvalue weighted by atomic mass is 16.5. The highest BCUT2D eigenvalue weighted by Gasteiger charge is 2.40. The molecular weight excluding hydrogens is 268 g/mol. The van der Waals surface area contributed by atoms with E-state index in [9.17, 15) is 9.90 Å². The lowest BCUT2D eigenvalue weighted by Crippen LogP contribution is -2.44. The van der Waals surface area contributed by atoms with Crippen LogP contribution in [0.1, 0.15) is 38.3 Å². The highest BCUT2D eigenvalue weighted by Crippen LogP contribution is 2.36. The van der Waals surface area contributed by atoms with Gasteiger partial charge < -0.3 is 9.84 Å². The Morgan fingerprint density at radius 2 is 2.14 bits per heavy atom. The maximum Gasteiger partial charge on any atom is 0.309 e. The molecule has 1 aliphatic rings. The molecule has 0 spiro atoms. The van der Waals surface area contributed by atoms with Gasteiger partial charge in [-0.1, -0.05) is 19.4 Å². The number of ether oxygens (including phenoxy) is 1. The molecule has 0 amide bonds. The molecule has 1 N–H and O–H groups in total. The maximum atomic E-state index is 11.6. The number of methoxy groups -OCH3 is 1. The first-order chi connectivity index (χ1) is 10.1. The summed E-state index contributed by atoms with van der Waals surface area (Å²) in [6, 6.07) is 5.74. The van der Waals surface area contributed by atoms with Gasteiger partial charge in [0.2, 0.25) is 5.88 Å². The molecule has 0 aromatic carbocycles. The van der Waals surface area contributed by atoms with Crippen molar-refractivity contribution in [2.45, 2.75) is 39.2 Å². The molecule has 0 aliphatic carbocycles. The van der Waals surface area contributed by atoms with Gasteiger partial charge in [-0.25, -0.2) is 4.98 Å². The zero-order chi connectivity index (χ0) is 15.3. The number of aliphatic carboxylic acids is 1. The number of carboxylic acids is 1. The van der Waals surface area contributed by atoms with E-state index in [1.807, 2.05) is 18.2 Å². The Balaban J connectivity index is 1.95. The van der Waals surface area contributed by atoms with Crippen LogP contribution in [-0.2, 0) is 11.3 Å². The first-order valence-electron chi connectivity index (χ1n) is 7.55. The average molecular weight is 292 g/mol. The molecule has 116 valence electrons. The Morgan fingerprint density at radius 1 is 1.43 bits per heavy atom. The van der Waals surface area contributed by atoms with Crippen LogP contribution in [0.2, 0.25) is 0 Å². The summed E-state index contributed by atoms with van der Waals surface area (Å²) >= 11 is 0. The molecular formula is C16H24N2O3. The number of pyridine rings is 1. The summed E-state index contributed by atoms with van der Waals surface area (Å²) in [5, 5.41) is 9.52. The van der Waals surface area contributed by atoms with Gasteiger partial charge in [-0.05, 0) is 38.4 Å². The van der Waals surface area contributed by atoms with Crippen molar-refractivity contribution in [2.75, 3.05) is 20.2 Å². The van der Waals surface area contributed by atoms with Gasteiger partial charge >= 0.3 is 5.97 Å². The van der Waals surface area contributed by atoms with Gasteiger partial charge in [0, 0.05) is 12.6 Å². The van der Waals surface area contributed by atoms with Gasteiger partial charge in [-0.15, -0.1) is 0 Å². The second-order valence-corrected chi connectivity index (χ2v) is 5.78. The van der Waals surface area contributed by atoms with E-state index in [-0.39, 0.29) is 0 Å². The van der Waals surface area contributed by atoms with Crippen molar-refractivity contribution in [2.24, 2.45) is 5.41 Å². The molecule has 5 nitrogen and oxygen atoms in total. The number of piperidine rings is 1. The zero-order valence-corrected chi connectivity index (χ0v) is 12.8. The molecule has 0 radical (unpaired) electrons. The fraction of sp³-hybridized carbons (Fsp3) is 0.625. The minimum absolute atomic E-state index is 0.521. The third kappa shape index (κ3) is 3.73. The minimum atomic E-state index is -0.636. The number of carbonyl (C=O) groups is 1. The van der Waals surface area contributed by atoms with E-state index in [1.54, 1.807) is 7.11 Å². The first kappa shape index (κ1) is 15.8. The van der Waals surface area contributed by atoms with E-state index in [0.717, 1.165) is 51.0 Å². The van der Waals surface area contributed by atoms with Crippen LogP contribution < -0.4 is 4.74 Å². The quantitative estimate of drug-likeness (QED) is 0.873. The van der Waals surface area contributed by atoms with Crippen molar-refractivity contribution in [1.29, 1.82) is 0 Å². The van der Waals surface area contributed by atoms with Crippen LogP contribution in [0.5, 0.6) is 5.88 Å². The third-order valence-electron chi connectivity index (χ3n) is 4.37. The van der Waals surface area contributed by atoms with Crippen molar-refractivity contribution in [3.8, 4) is 5.88 Å². The van der Waals surface area contributed by atoms with Crippen molar-refractivity contribution < 1.29 is 14.6 Å². The Labute approximate surface area is 125 Å². The molecule has 0 bridgehead atoms. The summed E-state index contributed by atoms with van der Waals surface area (Å²) in [6.07, 6.45) is 3.14. The number of hydrogen-bond acceptors (Lipinski definition) is 4. The van der Waals surface area contributed by atoms with Gasteiger partial charge in [-0.2, -0.15) is 0 Å². The van der Waals surface area contributed by atoms with Gasteiger partial charge in [0.25, 0.3) is 0 Å².